The molecule has 0 spiro atoms. The number of hydrogen-bond donors (Lipinski definition) is 0. The molecule has 25 heavy (non-hydrogen) atoms. The van der Waals surface area contributed by atoms with E-state index in [1.165, 1.54) is 49.1 Å². The van der Waals surface area contributed by atoms with Crippen LogP contribution in [-0.4, -0.2) is 0 Å². The third-order valence-electron chi connectivity index (χ3n) is 4.51. The van der Waals surface area contributed by atoms with Crippen LogP contribution in [0.3, 0.4) is 0 Å². The summed E-state index contributed by atoms with van der Waals surface area (Å²) in [5, 5.41) is 0. The first-order valence-electron chi connectivity index (χ1n) is 8.80. The van der Waals surface area contributed by atoms with Crippen molar-refractivity contribution in [1.82, 2.24) is 0 Å². The molecule has 0 bridgehead atoms. The van der Waals surface area contributed by atoms with Crippen LogP contribution in [0.1, 0.15) is 35.4 Å². The van der Waals surface area contributed by atoms with E-state index in [1.54, 1.807) is 0 Å². The van der Waals surface area contributed by atoms with Crippen LogP contribution in [0.25, 0.3) is 0 Å². The first kappa shape index (κ1) is 16.8. The normalized spacial score (nSPS) is 13.8. The molecule has 0 unspecified atom stereocenters. The molecule has 4 rings (SSSR count). The van der Waals surface area contributed by atoms with Gasteiger partial charge < -0.3 is 0 Å². The van der Waals surface area contributed by atoms with Crippen molar-refractivity contribution >= 4 is 23.5 Å². The van der Waals surface area contributed by atoms with Gasteiger partial charge in [0.1, 0.15) is 0 Å². The minimum atomic E-state index is 0.770. The zero-order valence-electron chi connectivity index (χ0n) is 14.7. The van der Waals surface area contributed by atoms with E-state index >= 15 is 0 Å². The molecule has 1 aliphatic rings. The fourth-order valence-corrected chi connectivity index (χ4v) is 4.87. The zero-order valence-corrected chi connectivity index (χ0v) is 16.3. The van der Waals surface area contributed by atoms with Gasteiger partial charge in [0.2, 0.25) is 0 Å². The molecule has 0 radical (unpaired) electrons. The maximum atomic E-state index is 2.38. The van der Waals surface area contributed by atoms with Crippen molar-refractivity contribution in [2.24, 2.45) is 0 Å². The van der Waals surface area contributed by atoms with Gasteiger partial charge in [-0.05, 0) is 74.6 Å². The van der Waals surface area contributed by atoms with E-state index in [2.05, 4.69) is 80.6 Å². The Bertz CT molecular complexity index is 860. The van der Waals surface area contributed by atoms with Crippen LogP contribution >= 0.6 is 23.5 Å². The monoisotopic (exact) mass is 362 g/mol. The van der Waals surface area contributed by atoms with E-state index < -0.39 is 0 Å². The van der Waals surface area contributed by atoms with E-state index in [9.17, 15) is 0 Å². The molecule has 0 nitrogen and oxygen atoms in total. The highest BCUT2D eigenvalue weighted by Crippen LogP contribution is 2.47. The van der Waals surface area contributed by atoms with Gasteiger partial charge in [-0.3, -0.25) is 0 Å². The van der Waals surface area contributed by atoms with Crippen molar-refractivity contribution in [2.45, 2.75) is 52.2 Å². The second kappa shape index (κ2) is 7.31. The van der Waals surface area contributed by atoms with Gasteiger partial charge in [-0.1, -0.05) is 65.0 Å². The molecule has 2 heteroatoms. The van der Waals surface area contributed by atoms with E-state index in [-0.39, 0.29) is 0 Å². The minimum absolute atomic E-state index is 0.770. The van der Waals surface area contributed by atoms with Gasteiger partial charge >= 0.3 is 0 Å². The molecule has 126 valence electrons. The average Bonchev–Trinajstić information content (AvgIpc) is 3.44. The van der Waals surface area contributed by atoms with Gasteiger partial charge in [0.05, 0.1) is 0 Å². The highest BCUT2D eigenvalue weighted by atomic mass is 32.2. The summed E-state index contributed by atoms with van der Waals surface area (Å²) in [5.41, 5.74) is 4.15. The van der Waals surface area contributed by atoms with Crippen molar-refractivity contribution in [3.8, 4) is 0 Å². The quantitative estimate of drug-likeness (QED) is 0.461. The molecule has 0 saturated heterocycles. The molecule has 0 aliphatic heterocycles. The predicted octanol–water partition coefficient (Wildman–Crippen LogP) is 7.48. The lowest BCUT2D eigenvalue weighted by Gasteiger charge is -2.11. The van der Waals surface area contributed by atoms with Crippen molar-refractivity contribution in [1.29, 1.82) is 0 Å². The summed E-state index contributed by atoms with van der Waals surface area (Å²) in [6.07, 6.45) is 2.68. The summed E-state index contributed by atoms with van der Waals surface area (Å²) in [6.45, 7) is 4.28. The van der Waals surface area contributed by atoms with Crippen molar-refractivity contribution < 1.29 is 0 Å². The lowest BCUT2D eigenvalue weighted by atomic mass is 10.1. The summed E-state index contributed by atoms with van der Waals surface area (Å²) >= 11 is 3.76. The van der Waals surface area contributed by atoms with E-state index in [0.717, 1.165) is 5.92 Å². The summed E-state index contributed by atoms with van der Waals surface area (Å²) in [6, 6.07) is 24.7. The third-order valence-corrected chi connectivity index (χ3v) is 6.59. The molecule has 0 N–H and O–H groups in total. The molecule has 1 aliphatic carbocycles. The topological polar surface area (TPSA) is 0 Å². The highest BCUT2D eigenvalue weighted by molar-refractivity contribution is 8.00. The predicted molar refractivity (Wildman–Crippen MR) is 109 cm³/mol. The fourth-order valence-electron chi connectivity index (χ4n) is 2.87. The lowest BCUT2D eigenvalue weighted by molar-refractivity contribution is 1.05. The average molecular weight is 363 g/mol. The van der Waals surface area contributed by atoms with Gasteiger partial charge in [-0.25, -0.2) is 0 Å². The molecule has 1 fully saturated rings. The number of hydrogen-bond acceptors (Lipinski definition) is 2. The Kier molecular flexibility index (Phi) is 4.91. The largest absolute Gasteiger partial charge is 0.0901 e. The second-order valence-electron chi connectivity index (χ2n) is 6.80. The zero-order chi connectivity index (χ0) is 17.2. The van der Waals surface area contributed by atoms with Gasteiger partial charge in [0.25, 0.3) is 0 Å². The Labute approximate surface area is 159 Å². The summed E-state index contributed by atoms with van der Waals surface area (Å²) in [5.74, 6) is 0.770. The van der Waals surface area contributed by atoms with Crippen LogP contribution in [0.15, 0.2) is 86.3 Å². The van der Waals surface area contributed by atoms with E-state index in [1.807, 2.05) is 23.5 Å². The highest BCUT2D eigenvalue weighted by Gasteiger charge is 2.26. The van der Waals surface area contributed by atoms with Crippen molar-refractivity contribution in [3.05, 3.63) is 83.4 Å². The first-order valence-corrected chi connectivity index (χ1v) is 10.4. The molecule has 0 aromatic heterocycles. The molecule has 3 aromatic carbocycles. The number of benzene rings is 3. The summed E-state index contributed by atoms with van der Waals surface area (Å²) in [7, 11) is 0. The summed E-state index contributed by atoms with van der Waals surface area (Å²) in [4.78, 5) is 5.37. The molecular weight excluding hydrogens is 340 g/mol. The SMILES string of the molecule is Cc1ccc(Sc2ccc(C3CC3)c(Sc3ccc(C)cc3)c2)cc1. The number of aryl methyl sites for hydroxylation is 2. The van der Waals surface area contributed by atoms with Crippen LogP contribution in [0, 0.1) is 13.8 Å². The molecule has 1 saturated carbocycles. The smallest absolute Gasteiger partial charge is 0.0168 e. The lowest BCUT2D eigenvalue weighted by Crippen LogP contribution is -1.87. The van der Waals surface area contributed by atoms with Gasteiger partial charge in [-0.2, -0.15) is 0 Å². The van der Waals surface area contributed by atoms with Gasteiger partial charge in [0, 0.05) is 19.6 Å². The van der Waals surface area contributed by atoms with E-state index in [0.29, 0.717) is 0 Å². The van der Waals surface area contributed by atoms with Crippen molar-refractivity contribution in [3.63, 3.8) is 0 Å². The molecule has 0 heterocycles. The fraction of sp³-hybridized carbons (Fsp3) is 0.217. The van der Waals surface area contributed by atoms with Gasteiger partial charge in [0.15, 0.2) is 0 Å². The van der Waals surface area contributed by atoms with Crippen LogP contribution < -0.4 is 0 Å². The van der Waals surface area contributed by atoms with E-state index in [4.69, 9.17) is 0 Å². The first-order chi connectivity index (χ1) is 12.2. The Morgan fingerprint density at radius 3 is 1.72 bits per heavy atom. The number of rotatable bonds is 5. The van der Waals surface area contributed by atoms with Crippen LogP contribution in [0.2, 0.25) is 0 Å². The Morgan fingerprint density at radius 2 is 1.16 bits per heavy atom. The Hall–Kier alpha value is -1.64. The van der Waals surface area contributed by atoms with Crippen molar-refractivity contribution in [2.75, 3.05) is 0 Å². The second-order valence-corrected chi connectivity index (χ2v) is 9.07. The molecule has 0 amide bonds. The third kappa shape index (κ3) is 4.31. The standard InChI is InChI=1S/C23H22S2/c1-16-3-9-19(10-4-16)24-21-13-14-22(18-7-8-18)23(15-21)25-20-11-5-17(2)6-12-20/h3-6,9-15,18H,7-8H2,1-2H3. The minimum Gasteiger partial charge on any atom is -0.0901 e. The van der Waals surface area contributed by atoms with Crippen LogP contribution in [0.4, 0.5) is 0 Å². The van der Waals surface area contributed by atoms with Crippen LogP contribution in [0.5, 0.6) is 0 Å². The Morgan fingerprint density at radius 1 is 0.640 bits per heavy atom. The summed E-state index contributed by atoms with van der Waals surface area (Å²) < 4.78 is 0. The molecule has 0 atom stereocenters. The molecular formula is C23H22S2. The Balaban J connectivity index is 1.61. The molecule has 3 aromatic rings. The maximum Gasteiger partial charge on any atom is 0.0168 e. The maximum absolute atomic E-state index is 2.38. The van der Waals surface area contributed by atoms with Gasteiger partial charge in [-0.15, -0.1) is 0 Å². The van der Waals surface area contributed by atoms with Crippen LogP contribution in [-0.2, 0) is 0 Å².